The lowest BCUT2D eigenvalue weighted by Gasteiger charge is -2.68. The highest BCUT2D eigenvalue weighted by molar-refractivity contribution is 5.24. The normalized spacial score (nSPS) is 54.0. The highest BCUT2D eigenvalue weighted by Crippen LogP contribution is 2.61. The zero-order chi connectivity index (χ0) is 6.54. The zero-order valence-corrected chi connectivity index (χ0v) is 5.61. The van der Waals surface area contributed by atoms with Crippen LogP contribution in [0.2, 0.25) is 0 Å². The van der Waals surface area contributed by atoms with E-state index < -0.39 is 0 Å². The first kappa shape index (κ1) is 5.65. The quantitative estimate of drug-likeness (QED) is 0.399. The van der Waals surface area contributed by atoms with Gasteiger partial charge in [0.2, 0.25) is 0 Å². The molecule has 0 radical (unpaired) electrons. The van der Waals surface area contributed by atoms with Crippen LogP contribution >= 0.6 is 0 Å². The predicted octanol–water partition coefficient (Wildman–Crippen LogP) is -0.229. The summed E-state index contributed by atoms with van der Waals surface area (Å²) in [6.45, 7) is 0. The Hall–Kier alpha value is -0.120. The second-order valence-corrected chi connectivity index (χ2v) is 3.34. The maximum atomic E-state index is 5.31. The van der Waals surface area contributed by atoms with E-state index in [9.17, 15) is 0 Å². The van der Waals surface area contributed by atoms with Gasteiger partial charge in [-0.05, 0) is 19.3 Å². The first-order valence-corrected chi connectivity index (χ1v) is 3.27. The number of hydrazine groups is 1. The lowest BCUT2D eigenvalue weighted by molar-refractivity contribution is -0.238. The second-order valence-electron chi connectivity index (χ2n) is 3.34. The molecule has 3 nitrogen and oxygen atoms in total. The predicted molar refractivity (Wildman–Crippen MR) is 33.6 cm³/mol. The summed E-state index contributed by atoms with van der Waals surface area (Å²) in [5.74, 6) is 5.31. The molecule has 3 heteroatoms. The van der Waals surface area contributed by atoms with E-state index in [2.05, 4.69) is 5.43 Å². The number of methoxy groups -OCH3 is 1. The van der Waals surface area contributed by atoms with Gasteiger partial charge in [0.1, 0.15) is 0 Å². The average Bonchev–Trinajstić information content (AvgIpc) is 1.62. The van der Waals surface area contributed by atoms with Crippen molar-refractivity contribution in [2.75, 3.05) is 7.11 Å². The molecule has 3 aliphatic rings. The first-order chi connectivity index (χ1) is 4.24. The molecule has 52 valence electrons. The summed E-state index contributed by atoms with van der Waals surface area (Å²) in [4.78, 5) is 0. The Kier molecular flexibility index (Phi) is 0.822. The molecule has 3 aliphatic carbocycles. The lowest BCUT2D eigenvalue weighted by Crippen LogP contribution is -2.79. The van der Waals surface area contributed by atoms with E-state index in [4.69, 9.17) is 10.6 Å². The van der Waals surface area contributed by atoms with Gasteiger partial charge in [-0.15, -0.1) is 0 Å². The number of hydrogen-bond donors (Lipinski definition) is 2. The van der Waals surface area contributed by atoms with Crippen LogP contribution in [0.15, 0.2) is 0 Å². The smallest absolute Gasteiger partial charge is 0.0733 e. The minimum absolute atomic E-state index is 0.229. The fourth-order valence-electron chi connectivity index (χ4n) is 2.06. The summed E-state index contributed by atoms with van der Waals surface area (Å²) in [5, 5.41) is 0. The highest BCUT2D eigenvalue weighted by atomic mass is 16.5. The maximum absolute atomic E-state index is 5.31. The minimum atomic E-state index is 0.229. The van der Waals surface area contributed by atoms with Crippen molar-refractivity contribution in [1.29, 1.82) is 0 Å². The van der Waals surface area contributed by atoms with Gasteiger partial charge in [-0.2, -0.15) is 0 Å². The summed E-state index contributed by atoms with van der Waals surface area (Å²) < 4.78 is 5.27. The topological polar surface area (TPSA) is 47.3 Å². The summed E-state index contributed by atoms with van der Waals surface area (Å²) in [5.41, 5.74) is 3.33. The average molecular weight is 128 g/mol. The molecule has 0 aromatic carbocycles. The maximum Gasteiger partial charge on any atom is 0.0733 e. The van der Waals surface area contributed by atoms with Gasteiger partial charge in [-0.3, -0.25) is 11.3 Å². The Morgan fingerprint density at radius 3 is 2.33 bits per heavy atom. The SMILES string of the molecule is COC12CC(NN)(C1)C2. The minimum Gasteiger partial charge on any atom is -0.378 e. The van der Waals surface area contributed by atoms with Crippen LogP contribution in [-0.4, -0.2) is 18.2 Å². The molecular weight excluding hydrogens is 116 g/mol. The summed E-state index contributed by atoms with van der Waals surface area (Å²) in [6, 6.07) is 0. The molecule has 3 rings (SSSR count). The fraction of sp³-hybridized carbons (Fsp3) is 1.00. The molecule has 3 N–H and O–H groups in total. The van der Waals surface area contributed by atoms with Gasteiger partial charge < -0.3 is 4.74 Å². The molecule has 0 atom stereocenters. The van der Waals surface area contributed by atoms with Crippen LogP contribution < -0.4 is 11.3 Å². The van der Waals surface area contributed by atoms with Crippen LogP contribution in [0, 0.1) is 0 Å². The van der Waals surface area contributed by atoms with E-state index in [1.807, 2.05) is 0 Å². The van der Waals surface area contributed by atoms with E-state index in [1.54, 1.807) is 7.11 Å². The van der Waals surface area contributed by atoms with Gasteiger partial charge in [-0.1, -0.05) is 0 Å². The Labute approximate surface area is 54.5 Å². The molecule has 0 aromatic rings. The van der Waals surface area contributed by atoms with Crippen molar-refractivity contribution in [2.24, 2.45) is 5.84 Å². The number of hydrogen-bond acceptors (Lipinski definition) is 3. The van der Waals surface area contributed by atoms with Crippen molar-refractivity contribution >= 4 is 0 Å². The highest BCUT2D eigenvalue weighted by Gasteiger charge is 2.68. The van der Waals surface area contributed by atoms with Gasteiger partial charge in [0, 0.05) is 12.6 Å². The molecule has 0 aromatic heterocycles. The second kappa shape index (κ2) is 1.31. The largest absolute Gasteiger partial charge is 0.378 e. The molecule has 0 spiro atoms. The Morgan fingerprint density at radius 1 is 1.44 bits per heavy atom. The van der Waals surface area contributed by atoms with Crippen LogP contribution in [0.25, 0.3) is 0 Å². The number of ether oxygens (including phenoxy) is 1. The summed E-state index contributed by atoms with van der Waals surface area (Å²) in [6.07, 6.45) is 3.31. The molecule has 0 saturated heterocycles. The van der Waals surface area contributed by atoms with E-state index in [0.29, 0.717) is 0 Å². The fourth-order valence-corrected chi connectivity index (χ4v) is 2.06. The van der Waals surface area contributed by atoms with Gasteiger partial charge in [0.25, 0.3) is 0 Å². The van der Waals surface area contributed by atoms with Crippen molar-refractivity contribution in [2.45, 2.75) is 30.4 Å². The van der Waals surface area contributed by atoms with Gasteiger partial charge >= 0.3 is 0 Å². The third kappa shape index (κ3) is 0.478. The Balaban J connectivity index is 1.96. The lowest BCUT2D eigenvalue weighted by atomic mass is 9.46. The van der Waals surface area contributed by atoms with E-state index in [-0.39, 0.29) is 11.1 Å². The number of nitrogens with two attached hydrogens (primary N) is 1. The Morgan fingerprint density at radius 2 is 2.00 bits per heavy atom. The van der Waals surface area contributed by atoms with Gasteiger partial charge in [0.15, 0.2) is 0 Å². The summed E-state index contributed by atoms with van der Waals surface area (Å²) >= 11 is 0. The molecule has 0 unspecified atom stereocenters. The van der Waals surface area contributed by atoms with Gasteiger partial charge in [0.05, 0.1) is 5.60 Å². The molecule has 3 fully saturated rings. The van der Waals surface area contributed by atoms with Crippen molar-refractivity contribution in [3.8, 4) is 0 Å². The molecule has 0 amide bonds. The first-order valence-electron chi connectivity index (χ1n) is 3.27. The molecule has 0 aliphatic heterocycles. The van der Waals surface area contributed by atoms with Crippen LogP contribution in [0.4, 0.5) is 0 Å². The molecule has 3 saturated carbocycles. The van der Waals surface area contributed by atoms with E-state index in [1.165, 1.54) is 0 Å². The van der Waals surface area contributed by atoms with Gasteiger partial charge in [-0.25, -0.2) is 0 Å². The molecule has 2 bridgehead atoms. The van der Waals surface area contributed by atoms with Crippen molar-refractivity contribution in [3.05, 3.63) is 0 Å². The Bertz CT molecular complexity index is 112. The third-order valence-corrected chi connectivity index (χ3v) is 2.72. The molecule has 0 heterocycles. The van der Waals surface area contributed by atoms with Crippen LogP contribution in [0.1, 0.15) is 19.3 Å². The molecular formula is C6H12N2O. The molecule has 9 heavy (non-hydrogen) atoms. The number of rotatable bonds is 2. The zero-order valence-electron chi connectivity index (χ0n) is 5.61. The third-order valence-electron chi connectivity index (χ3n) is 2.72. The monoisotopic (exact) mass is 128 g/mol. The van der Waals surface area contributed by atoms with Crippen LogP contribution in [0.3, 0.4) is 0 Å². The van der Waals surface area contributed by atoms with Crippen LogP contribution in [-0.2, 0) is 4.74 Å². The van der Waals surface area contributed by atoms with Crippen molar-refractivity contribution in [1.82, 2.24) is 5.43 Å². The van der Waals surface area contributed by atoms with E-state index in [0.717, 1.165) is 19.3 Å². The summed E-state index contributed by atoms with van der Waals surface area (Å²) in [7, 11) is 1.78. The number of nitrogens with one attached hydrogen (secondary N) is 1. The van der Waals surface area contributed by atoms with E-state index >= 15 is 0 Å². The van der Waals surface area contributed by atoms with Crippen LogP contribution in [0.5, 0.6) is 0 Å². The van der Waals surface area contributed by atoms with Crippen molar-refractivity contribution in [3.63, 3.8) is 0 Å². The van der Waals surface area contributed by atoms with Crippen molar-refractivity contribution < 1.29 is 4.74 Å². The standard InChI is InChI=1S/C6H12N2O/c1-9-6-2-5(3-6,4-6)8-7/h8H,2-4,7H2,1H3.